The van der Waals surface area contributed by atoms with Crippen LogP contribution in [-0.2, 0) is 17.9 Å². The molecule has 10 heteroatoms. The summed E-state index contributed by atoms with van der Waals surface area (Å²) in [6.45, 7) is 1.45. The third-order valence-corrected chi connectivity index (χ3v) is 4.45. The van der Waals surface area contributed by atoms with Crippen LogP contribution in [0, 0.1) is 0 Å². The van der Waals surface area contributed by atoms with Crippen molar-refractivity contribution in [2.45, 2.75) is 32.3 Å². The number of amides is 1. The number of nitrogens with two attached hydrogens (primary N) is 1. The van der Waals surface area contributed by atoms with Gasteiger partial charge in [-0.3, -0.25) is 4.79 Å². The van der Waals surface area contributed by atoms with Gasteiger partial charge in [0.2, 0.25) is 5.91 Å². The number of hydrogen-bond acceptors (Lipinski definition) is 3. The van der Waals surface area contributed by atoms with Crippen LogP contribution in [0.15, 0.2) is 53.5 Å². The Morgan fingerprint density at radius 1 is 1.13 bits per heavy atom. The molecule has 2 aromatic rings. The van der Waals surface area contributed by atoms with E-state index < -0.39 is 12.1 Å². The van der Waals surface area contributed by atoms with Gasteiger partial charge in [0.15, 0.2) is 11.7 Å². The van der Waals surface area contributed by atoms with E-state index in [-0.39, 0.29) is 48.1 Å². The van der Waals surface area contributed by atoms with Gasteiger partial charge in [0.1, 0.15) is 0 Å². The summed E-state index contributed by atoms with van der Waals surface area (Å²) in [5, 5.41) is 2.64. The molecule has 30 heavy (non-hydrogen) atoms. The van der Waals surface area contributed by atoms with E-state index in [0.29, 0.717) is 13.0 Å². The van der Waals surface area contributed by atoms with Crippen molar-refractivity contribution in [2.75, 3.05) is 11.9 Å². The fraction of sp³-hybridized carbons (Fsp3) is 0.300. The third kappa shape index (κ3) is 6.78. The number of rotatable bonds is 6. The second kappa shape index (κ2) is 10.5. The summed E-state index contributed by atoms with van der Waals surface area (Å²) in [5.41, 5.74) is 7.76. The summed E-state index contributed by atoms with van der Waals surface area (Å²) in [5.74, 6) is -0.313. The first-order chi connectivity index (χ1) is 13.8. The molecule has 3 N–H and O–H groups in total. The highest BCUT2D eigenvalue weighted by Gasteiger charge is 2.32. The predicted octanol–water partition coefficient (Wildman–Crippen LogP) is 4.25. The Labute approximate surface area is 189 Å². The van der Waals surface area contributed by atoms with E-state index in [9.17, 15) is 18.0 Å². The predicted molar refractivity (Wildman–Crippen MR) is 119 cm³/mol. The SMILES string of the molecule is I.NC(=NCc1ccccc1CN1CCCC1=O)Nc1ccccc1OC(F)(F)F. The zero-order valence-electron chi connectivity index (χ0n) is 16.0. The first-order valence-corrected chi connectivity index (χ1v) is 9.08. The van der Waals surface area contributed by atoms with Crippen LogP contribution in [0.1, 0.15) is 24.0 Å². The highest BCUT2D eigenvalue weighted by Crippen LogP contribution is 2.29. The van der Waals surface area contributed by atoms with Crippen LogP contribution in [-0.4, -0.2) is 29.7 Å². The van der Waals surface area contributed by atoms with Gasteiger partial charge in [-0.1, -0.05) is 36.4 Å². The molecule has 1 aliphatic rings. The van der Waals surface area contributed by atoms with Gasteiger partial charge in [0.05, 0.1) is 12.2 Å². The van der Waals surface area contributed by atoms with Crippen LogP contribution >= 0.6 is 24.0 Å². The van der Waals surface area contributed by atoms with E-state index in [1.807, 2.05) is 24.3 Å². The molecule has 1 saturated heterocycles. The van der Waals surface area contributed by atoms with E-state index in [4.69, 9.17) is 5.73 Å². The van der Waals surface area contributed by atoms with E-state index in [1.165, 1.54) is 18.2 Å². The minimum absolute atomic E-state index is 0. The second-order valence-corrected chi connectivity index (χ2v) is 6.56. The van der Waals surface area contributed by atoms with Crippen LogP contribution in [0.3, 0.4) is 0 Å². The lowest BCUT2D eigenvalue weighted by Gasteiger charge is -2.17. The third-order valence-electron chi connectivity index (χ3n) is 4.45. The molecular weight excluding hydrogens is 512 g/mol. The van der Waals surface area contributed by atoms with Gasteiger partial charge in [-0.05, 0) is 29.7 Å². The molecule has 162 valence electrons. The molecule has 0 unspecified atom stereocenters. The van der Waals surface area contributed by atoms with Crippen LogP contribution in [0.5, 0.6) is 5.75 Å². The molecule has 0 atom stereocenters. The molecule has 3 rings (SSSR count). The normalized spacial score (nSPS) is 14.4. The number of aliphatic imine (C=N–C) groups is 1. The molecule has 1 fully saturated rings. The molecule has 0 saturated carbocycles. The second-order valence-electron chi connectivity index (χ2n) is 6.56. The van der Waals surface area contributed by atoms with E-state index in [2.05, 4.69) is 15.0 Å². The van der Waals surface area contributed by atoms with Crippen molar-refractivity contribution in [3.8, 4) is 5.75 Å². The van der Waals surface area contributed by atoms with Crippen molar-refractivity contribution in [1.29, 1.82) is 0 Å². The number of nitrogens with zero attached hydrogens (tertiary/aromatic N) is 2. The largest absolute Gasteiger partial charge is 0.573 e. The average Bonchev–Trinajstić information content (AvgIpc) is 3.06. The Hall–Kier alpha value is -2.50. The number of guanidine groups is 1. The van der Waals surface area contributed by atoms with Gasteiger partial charge in [0, 0.05) is 19.5 Å². The summed E-state index contributed by atoms with van der Waals surface area (Å²) < 4.78 is 41.6. The maximum Gasteiger partial charge on any atom is 0.573 e. The molecule has 0 bridgehead atoms. The molecule has 0 aromatic heterocycles. The van der Waals surface area contributed by atoms with Gasteiger partial charge >= 0.3 is 6.36 Å². The Morgan fingerprint density at radius 2 is 1.80 bits per heavy atom. The molecule has 2 aromatic carbocycles. The zero-order chi connectivity index (χ0) is 20.9. The summed E-state index contributed by atoms with van der Waals surface area (Å²) in [7, 11) is 0. The Bertz CT molecular complexity index is 906. The number of nitrogens with one attached hydrogen (secondary N) is 1. The summed E-state index contributed by atoms with van der Waals surface area (Å²) >= 11 is 0. The van der Waals surface area contributed by atoms with E-state index >= 15 is 0 Å². The number of hydrogen-bond donors (Lipinski definition) is 2. The Kier molecular flexibility index (Phi) is 8.33. The number of benzene rings is 2. The van der Waals surface area contributed by atoms with Crippen LogP contribution in [0.2, 0.25) is 0 Å². The van der Waals surface area contributed by atoms with E-state index in [1.54, 1.807) is 11.0 Å². The first-order valence-electron chi connectivity index (χ1n) is 9.08. The van der Waals surface area contributed by atoms with Gasteiger partial charge in [0.25, 0.3) is 0 Å². The lowest BCUT2D eigenvalue weighted by molar-refractivity contribution is -0.274. The monoisotopic (exact) mass is 534 g/mol. The van der Waals surface area contributed by atoms with Crippen molar-refractivity contribution in [2.24, 2.45) is 10.7 Å². The molecule has 6 nitrogen and oxygen atoms in total. The minimum Gasteiger partial charge on any atom is -0.404 e. The molecule has 0 spiro atoms. The zero-order valence-corrected chi connectivity index (χ0v) is 18.3. The number of alkyl halides is 3. The molecule has 0 radical (unpaired) electrons. The number of ether oxygens (including phenoxy) is 1. The number of halogens is 4. The van der Waals surface area contributed by atoms with Crippen molar-refractivity contribution >= 4 is 41.5 Å². The fourth-order valence-corrected chi connectivity index (χ4v) is 3.07. The van der Waals surface area contributed by atoms with Gasteiger partial charge in [-0.2, -0.15) is 0 Å². The standard InChI is InChI=1S/C20H21F3N4O2.HI/c21-20(22,23)29-17-9-4-3-8-16(17)26-19(24)25-12-14-6-1-2-7-15(14)13-27-11-5-10-18(27)28;/h1-4,6-9H,5,10-13H2,(H3,24,25,26);1H. The molecule has 1 aliphatic heterocycles. The highest BCUT2D eigenvalue weighted by atomic mass is 127. The average molecular weight is 534 g/mol. The van der Waals surface area contributed by atoms with Crippen LogP contribution in [0.4, 0.5) is 18.9 Å². The first kappa shape index (κ1) is 23.8. The summed E-state index contributed by atoms with van der Waals surface area (Å²) in [4.78, 5) is 17.9. The van der Waals surface area contributed by atoms with Gasteiger partial charge in [-0.15, -0.1) is 37.1 Å². The highest BCUT2D eigenvalue weighted by molar-refractivity contribution is 14.0. The molecular formula is C20H22F3IN4O2. The lowest BCUT2D eigenvalue weighted by atomic mass is 10.1. The molecule has 1 heterocycles. The summed E-state index contributed by atoms with van der Waals surface area (Å²) in [6, 6.07) is 13.1. The van der Waals surface area contributed by atoms with Crippen molar-refractivity contribution < 1.29 is 22.7 Å². The maximum absolute atomic E-state index is 12.5. The minimum atomic E-state index is -4.81. The van der Waals surface area contributed by atoms with Gasteiger partial charge < -0.3 is 20.7 Å². The number of anilines is 1. The summed E-state index contributed by atoms with van der Waals surface area (Å²) in [6.07, 6.45) is -3.39. The number of likely N-dealkylation sites (tertiary alicyclic amines) is 1. The lowest BCUT2D eigenvalue weighted by Crippen LogP contribution is -2.25. The Morgan fingerprint density at radius 3 is 2.47 bits per heavy atom. The Balaban J connectivity index is 0.00000320. The number of para-hydroxylation sites is 2. The maximum atomic E-state index is 12.5. The van der Waals surface area contributed by atoms with Crippen LogP contribution in [0.25, 0.3) is 0 Å². The van der Waals surface area contributed by atoms with E-state index in [0.717, 1.165) is 24.1 Å². The number of carbonyl (C=O) groups is 1. The van der Waals surface area contributed by atoms with Crippen molar-refractivity contribution in [3.05, 3.63) is 59.7 Å². The fourth-order valence-electron chi connectivity index (χ4n) is 3.07. The van der Waals surface area contributed by atoms with Crippen LogP contribution < -0.4 is 15.8 Å². The van der Waals surface area contributed by atoms with Crippen molar-refractivity contribution in [3.63, 3.8) is 0 Å². The van der Waals surface area contributed by atoms with Crippen molar-refractivity contribution in [1.82, 2.24) is 4.90 Å². The topological polar surface area (TPSA) is 80.0 Å². The molecule has 0 aliphatic carbocycles. The quantitative estimate of drug-likeness (QED) is 0.330. The smallest absolute Gasteiger partial charge is 0.404 e. The van der Waals surface area contributed by atoms with Gasteiger partial charge in [-0.25, -0.2) is 4.99 Å². The number of carbonyl (C=O) groups excluding carboxylic acids is 1. The molecule has 1 amide bonds.